The summed E-state index contributed by atoms with van der Waals surface area (Å²) < 4.78 is 26.1. The SMILES string of the molecule is CC1CN1P(=O)(Oc1ccccc1)Oc1ccccc1. The van der Waals surface area contributed by atoms with E-state index in [0.29, 0.717) is 11.5 Å². The average Bonchev–Trinajstić information content (AvgIpc) is 3.19. The average molecular weight is 289 g/mol. The van der Waals surface area contributed by atoms with Crippen LogP contribution in [-0.4, -0.2) is 17.3 Å². The molecule has 104 valence electrons. The normalized spacial score (nSPS) is 21.2. The predicted octanol–water partition coefficient (Wildman–Crippen LogP) is 3.96. The lowest BCUT2D eigenvalue weighted by molar-refractivity contribution is 0.346. The zero-order valence-corrected chi connectivity index (χ0v) is 12.1. The minimum Gasteiger partial charge on any atom is -0.404 e. The number of rotatable bonds is 5. The quantitative estimate of drug-likeness (QED) is 0.617. The Balaban J connectivity index is 1.84. The van der Waals surface area contributed by atoms with Crippen LogP contribution in [0.3, 0.4) is 0 Å². The summed E-state index contributed by atoms with van der Waals surface area (Å²) in [4.78, 5) is 0. The summed E-state index contributed by atoms with van der Waals surface area (Å²) in [7, 11) is -3.35. The summed E-state index contributed by atoms with van der Waals surface area (Å²) in [5.74, 6) is 1.09. The monoisotopic (exact) mass is 289 g/mol. The fourth-order valence-corrected chi connectivity index (χ4v) is 3.86. The van der Waals surface area contributed by atoms with Crippen molar-refractivity contribution in [1.29, 1.82) is 0 Å². The van der Waals surface area contributed by atoms with E-state index in [9.17, 15) is 4.57 Å². The van der Waals surface area contributed by atoms with Gasteiger partial charge >= 0.3 is 7.75 Å². The van der Waals surface area contributed by atoms with Gasteiger partial charge in [0.2, 0.25) is 0 Å². The molecule has 0 radical (unpaired) electrons. The molecule has 4 nitrogen and oxygen atoms in total. The first-order chi connectivity index (χ1) is 9.67. The summed E-state index contributed by atoms with van der Waals surface area (Å²) in [5.41, 5.74) is 0. The summed E-state index contributed by atoms with van der Waals surface area (Å²) in [6.07, 6.45) is 0. The van der Waals surface area contributed by atoms with E-state index < -0.39 is 7.75 Å². The molecule has 0 aliphatic carbocycles. The Morgan fingerprint density at radius 2 is 1.35 bits per heavy atom. The van der Waals surface area contributed by atoms with Crippen molar-refractivity contribution in [3.05, 3.63) is 60.7 Å². The highest BCUT2D eigenvalue weighted by molar-refractivity contribution is 7.52. The van der Waals surface area contributed by atoms with Crippen LogP contribution in [0.1, 0.15) is 6.92 Å². The van der Waals surface area contributed by atoms with E-state index in [1.54, 1.807) is 28.9 Å². The van der Waals surface area contributed by atoms with E-state index >= 15 is 0 Å². The van der Waals surface area contributed by atoms with Gasteiger partial charge in [-0.3, -0.25) is 0 Å². The van der Waals surface area contributed by atoms with Crippen molar-refractivity contribution in [2.75, 3.05) is 6.54 Å². The van der Waals surface area contributed by atoms with Crippen molar-refractivity contribution in [2.24, 2.45) is 0 Å². The van der Waals surface area contributed by atoms with E-state index in [2.05, 4.69) is 0 Å². The molecule has 2 aromatic carbocycles. The Labute approximate surface area is 118 Å². The Kier molecular flexibility index (Phi) is 3.51. The predicted molar refractivity (Wildman–Crippen MR) is 77.9 cm³/mol. The molecule has 1 fully saturated rings. The molecule has 0 bridgehead atoms. The first-order valence-corrected chi connectivity index (χ1v) is 8.03. The molecule has 2 aromatic rings. The van der Waals surface area contributed by atoms with Gasteiger partial charge in [-0.15, -0.1) is 0 Å². The highest BCUT2D eigenvalue weighted by Gasteiger charge is 2.50. The van der Waals surface area contributed by atoms with Gasteiger partial charge < -0.3 is 9.05 Å². The lowest BCUT2D eigenvalue weighted by Gasteiger charge is -2.20. The molecule has 20 heavy (non-hydrogen) atoms. The molecule has 1 aliphatic heterocycles. The second kappa shape index (κ2) is 5.31. The molecule has 2 atom stereocenters. The Morgan fingerprint density at radius 3 is 1.70 bits per heavy atom. The maximum atomic E-state index is 13.0. The first kappa shape index (κ1) is 13.2. The maximum Gasteiger partial charge on any atom is 0.515 e. The second-order valence-electron chi connectivity index (χ2n) is 4.75. The van der Waals surface area contributed by atoms with Crippen LogP contribution in [0, 0.1) is 0 Å². The van der Waals surface area contributed by atoms with Crippen LogP contribution in [0.5, 0.6) is 11.5 Å². The summed E-state index contributed by atoms with van der Waals surface area (Å²) in [6.45, 7) is 2.71. The number of hydrogen-bond donors (Lipinski definition) is 0. The number of para-hydroxylation sites is 2. The van der Waals surface area contributed by atoms with Gasteiger partial charge in [-0.05, 0) is 31.2 Å². The lowest BCUT2D eigenvalue weighted by atomic mass is 10.3. The molecule has 0 spiro atoms. The van der Waals surface area contributed by atoms with E-state index in [4.69, 9.17) is 9.05 Å². The molecular weight excluding hydrogens is 273 g/mol. The lowest BCUT2D eigenvalue weighted by Crippen LogP contribution is -2.10. The third-order valence-corrected chi connectivity index (χ3v) is 5.14. The zero-order chi connectivity index (χ0) is 14.0. The molecule has 1 heterocycles. The van der Waals surface area contributed by atoms with Crippen molar-refractivity contribution >= 4 is 7.75 Å². The van der Waals surface area contributed by atoms with Crippen LogP contribution in [0.15, 0.2) is 60.7 Å². The Hall–Kier alpha value is -1.77. The van der Waals surface area contributed by atoms with Crippen molar-refractivity contribution < 1.29 is 13.6 Å². The summed E-state index contributed by atoms with van der Waals surface area (Å²) >= 11 is 0. The molecule has 5 heteroatoms. The Bertz CT molecular complexity index is 572. The van der Waals surface area contributed by atoms with Crippen LogP contribution >= 0.6 is 7.75 Å². The smallest absolute Gasteiger partial charge is 0.404 e. The topological polar surface area (TPSA) is 38.5 Å². The molecule has 1 aliphatic rings. The minimum absolute atomic E-state index is 0.216. The molecular formula is C15H16NO3P. The van der Waals surface area contributed by atoms with Crippen LogP contribution in [0.4, 0.5) is 0 Å². The highest BCUT2D eigenvalue weighted by Crippen LogP contribution is 2.57. The van der Waals surface area contributed by atoms with E-state index in [1.165, 1.54) is 0 Å². The molecule has 1 saturated heterocycles. The summed E-state index contributed by atoms with van der Waals surface area (Å²) in [5, 5.41) is 0. The van der Waals surface area contributed by atoms with Crippen LogP contribution < -0.4 is 9.05 Å². The third kappa shape index (κ3) is 2.87. The largest absolute Gasteiger partial charge is 0.515 e. The molecule has 3 rings (SSSR count). The third-order valence-electron chi connectivity index (χ3n) is 3.07. The van der Waals surface area contributed by atoms with Crippen molar-refractivity contribution in [3.63, 3.8) is 0 Å². The van der Waals surface area contributed by atoms with Crippen molar-refractivity contribution in [1.82, 2.24) is 4.67 Å². The van der Waals surface area contributed by atoms with Gasteiger partial charge in [-0.25, -0.2) is 4.57 Å². The minimum atomic E-state index is -3.35. The number of hydrogen-bond acceptors (Lipinski definition) is 3. The van der Waals surface area contributed by atoms with Gasteiger partial charge in [0, 0.05) is 12.6 Å². The van der Waals surface area contributed by atoms with Crippen molar-refractivity contribution in [3.8, 4) is 11.5 Å². The van der Waals surface area contributed by atoms with Gasteiger partial charge in [0.05, 0.1) is 0 Å². The van der Waals surface area contributed by atoms with Gasteiger partial charge in [-0.1, -0.05) is 36.4 Å². The highest BCUT2D eigenvalue weighted by atomic mass is 31.2. The van der Waals surface area contributed by atoms with Gasteiger partial charge in [-0.2, -0.15) is 4.67 Å². The fourth-order valence-electron chi connectivity index (χ4n) is 1.92. The standard InChI is InChI=1S/C15H16NO3P/c1-13-12-16(13)20(17,18-14-8-4-2-5-9-14)19-15-10-6-3-7-11-15/h2-11,13H,12H2,1H3. The Morgan fingerprint density at radius 1 is 0.950 bits per heavy atom. The summed E-state index contributed by atoms with van der Waals surface area (Å²) in [6, 6.07) is 18.4. The molecule has 2 unspecified atom stereocenters. The van der Waals surface area contributed by atoms with Gasteiger partial charge in [0.1, 0.15) is 11.5 Å². The van der Waals surface area contributed by atoms with E-state index in [-0.39, 0.29) is 6.04 Å². The molecule has 0 saturated carbocycles. The van der Waals surface area contributed by atoms with Crippen LogP contribution in [0.25, 0.3) is 0 Å². The maximum absolute atomic E-state index is 13.0. The van der Waals surface area contributed by atoms with Gasteiger partial charge in [0.15, 0.2) is 0 Å². The number of nitrogens with zero attached hydrogens (tertiary/aromatic N) is 1. The fraction of sp³-hybridized carbons (Fsp3) is 0.200. The first-order valence-electron chi connectivity index (χ1n) is 6.54. The second-order valence-corrected chi connectivity index (χ2v) is 6.56. The van der Waals surface area contributed by atoms with E-state index in [0.717, 1.165) is 6.54 Å². The van der Waals surface area contributed by atoms with Crippen LogP contribution in [-0.2, 0) is 4.57 Å². The molecule has 0 aromatic heterocycles. The molecule has 0 amide bonds. The van der Waals surface area contributed by atoms with Crippen LogP contribution in [0.2, 0.25) is 0 Å². The molecule has 0 N–H and O–H groups in total. The zero-order valence-electron chi connectivity index (χ0n) is 11.2. The number of benzene rings is 2. The van der Waals surface area contributed by atoms with Crippen molar-refractivity contribution in [2.45, 2.75) is 13.0 Å². The van der Waals surface area contributed by atoms with Gasteiger partial charge in [0.25, 0.3) is 0 Å². The van der Waals surface area contributed by atoms with E-state index in [1.807, 2.05) is 43.3 Å².